The van der Waals surface area contributed by atoms with Crippen LogP contribution in [-0.4, -0.2) is 10.2 Å². The van der Waals surface area contributed by atoms with E-state index in [0.29, 0.717) is 31.7 Å². The molecule has 1 aliphatic rings. The lowest BCUT2D eigenvalue weighted by atomic mass is 9.84. The van der Waals surface area contributed by atoms with Crippen LogP contribution in [0.2, 0.25) is 0 Å². The van der Waals surface area contributed by atoms with Crippen LogP contribution in [-0.2, 0) is 6.61 Å². The fraction of sp³-hybridized carbons (Fsp3) is 0.143. The zero-order chi connectivity index (χ0) is 21.4. The minimum atomic E-state index is -0.442. The summed E-state index contributed by atoms with van der Waals surface area (Å²) in [5.74, 6) is 0.189. The molecular formula is C21H15Br2FN4O2. The molecule has 4 rings (SSSR count). The molecular weight excluding hydrogens is 519 g/mol. The zero-order valence-corrected chi connectivity index (χ0v) is 18.8. The van der Waals surface area contributed by atoms with Gasteiger partial charge in [-0.3, -0.25) is 5.10 Å². The van der Waals surface area contributed by atoms with E-state index in [2.05, 4.69) is 48.1 Å². The SMILES string of the molecule is Cc1[nH]nc2c1[C@H](c1cc(Br)c(OCc3cccc(F)c3)c(Br)c1)C(C#N)=C(N)O2. The Morgan fingerprint density at radius 2 is 2.03 bits per heavy atom. The molecule has 0 spiro atoms. The van der Waals surface area contributed by atoms with Gasteiger partial charge in [0.2, 0.25) is 11.8 Å². The van der Waals surface area contributed by atoms with E-state index >= 15 is 0 Å². The molecule has 0 amide bonds. The number of fused-ring (bicyclic) bond motifs is 1. The molecule has 0 unspecified atom stereocenters. The largest absolute Gasteiger partial charge is 0.487 e. The predicted molar refractivity (Wildman–Crippen MR) is 115 cm³/mol. The van der Waals surface area contributed by atoms with Gasteiger partial charge < -0.3 is 15.2 Å². The van der Waals surface area contributed by atoms with Crippen molar-refractivity contribution in [3.63, 3.8) is 0 Å². The number of hydrogen-bond acceptors (Lipinski definition) is 5. The number of ether oxygens (including phenoxy) is 2. The number of aromatic amines is 1. The fourth-order valence-electron chi connectivity index (χ4n) is 3.40. The van der Waals surface area contributed by atoms with E-state index in [4.69, 9.17) is 15.2 Å². The summed E-state index contributed by atoms with van der Waals surface area (Å²) in [5, 5.41) is 16.7. The first-order chi connectivity index (χ1) is 14.4. The summed E-state index contributed by atoms with van der Waals surface area (Å²) >= 11 is 7.09. The van der Waals surface area contributed by atoms with Crippen molar-refractivity contribution < 1.29 is 13.9 Å². The van der Waals surface area contributed by atoms with Crippen LogP contribution in [0, 0.1) is 24.1 Å². The molecule has 1 aromatic heterocycles. The third-order valence-corrected chi connectivity index (χ3v) is 5.93. The molecule has 30 heavy (non-hydrogen) atoms. The van der Waals surface area contributed by atoms with Crippen molar-refractivity contribution in [2.24, 2.45) is 5.73 Å². The Balaban J connectivity index is 1.71. The average molecular weight is 534 g/mol. The van der Waals surface area contributed by atoms with Crippen molar-refractivity contribution in [1.82, 2.24) is 10.2 Å². The minimum absolute atomic E-state index is 0.0279. The van der Waals surface area contributed by atoms with Crippen LogP contribution >= 0.6 is 31.9 Å². The Morgan fingerprint density at radius 1 is 1.30 bits per heavy atom. The second-order valence-corrected chi connectivity index (χ2v) is 8.43. The highest BCUT2D eigenvalue weighted by molar-refractivity contribution is 9.11. The minimum Gasteiger partial charge on any atom is -0.487 e. The Morgan fingerprint density at radius 3 is 2.70 bits per heavy atom. The molecule has 9 heteroatoms. The summed E-state index contributed by atoms with van der Waals surface area (Å²) < 4.78 is 26.2. The van der Waals surface area contributed by atoms with Crippen molar-refractivity contribution in [1.29, 1.82) is 5.26 Å². The van der Waals surface area contributed by atoms with Crippen molar-refractivity contribution >= 4 is 31.9 Å². The maximum absolute atomic E-state index is 13.4. The monoisotopic (exact) mass is 532 g/mol. The van der Waals surface area contributed by atoms with E-state index in [1.54, 1.807) is 12.1 Å². The number of nitrogens with one attached hydrogen (secondary N) is 1. The van der Waals surface area contributed by atoms with Crippen molar-refractivity contribution in [3.8, 4) is 17.7 Å². The maximum atomic E-state index is 13.4. The number of hydrogen-bond donors (Lipinski definition) is 2. The van der Waals surface area contributed by atoms with Gasteiger partial charge in [-0.2, -0.15) is 5.26 Å². The van der Waals surface area contributed by atoms with Gasteiger partial charge in [-0.1, -0.05) is 12.1 Å². The first-order valence-electron chi connectivity index (χ1n) is 8.87. The summed E-state index contributed by atoms with van der Waals surface area (Å²) in [7, 11) is 0. The van der Waals surface area contributed by atoms with Crippen molar-refractivity contribution in [3.05, 3.63) is 85.0 Å². The molecule has 1 atom stereocenters. The van der Waals surface area contributed by atoms with Gasteiger partial charge in [-0.25, -0.2) is 4.39 Å². The number of H-pyrrole nitrogens is 1. The average Bonchev–Trinajstić information content (AvgIpc) is 3.06. The van der Waals surface area contributed by atoms with E-state index < -0.39 is 5.92 Å². The van der Waals surface area contributed by atoms with Crippen LogP contribution in [0.4, 0.5) is 4.39 Å². The Labute approximate surface area is 188 Å². The zero-order valence-electron chi connectivity index (χ0n) is 15.7. The second-order valence-electron chi connectivity index (χ2n) is 6.72. The highest BCUT2D eigenvalue weighted by atomic mass is 79.9. The van der Waals surface area contributed by atoms with Crippen LogP contribution in [0.5, 0.6) is 11.6 Å². The van der Waals surface area contributed by atoms with Gasteiger partial charge in [-0.05, 0) is 74.2 Å². The molecule has 3 N–H and O–H groups in total. The molecule has 0 aliphatic carbocycles. The third kappa shape index (κ3) is 3.68. The number of nitrogens with zero attached hydrogens (tertiary/aromatic N) is 2. The molecule has 0 saturated heterocycles. The summed E-state index contributed by atoms with van der Waals surface area (Å²) in [6.45, 7) is 2.06. The van der Waals surface area contributed by atoms with Crippen LogP contribution in [0.3, 0.4) is 0 Å². The van der Waals surface area contributed by atoms with Crippen molar-refractivity contribution in [2.45, 2.75) is 19.4 Å². The van der Waals surface area contributed by atoms with Crippen LogP contribution in [0.15, 0.2) is 56.8 Å². The Hall–Kier alpha value is -2.83. The summed E-state index contributed by atoms with van der Waals surface area (Å²) in [6, 6.07) is 12.1. The standard InChI is InChI=1S/C21H15Br2FN4O2/c1-10-17-18(14(8-25)20(26)30-21(17)28-27-10)12-6-15(22)19(16(23)7-12)29-9-11-3-2-4-13(24)5-11/h2-7,18H,9,26H2,1H3,(H,27,28)/t18-/m1/s1. The molecule has 2 aromatic carbocycles. The lowest BCUT2D eigenvalue weighted by molar-refractivity contribution is 0.301. The Bertz CT molecular complexity index is 1190. The van der Waals surface area contributed by atoms with Gasteiger partial charge in [0.1, 0.15) is 29.8 Å². The van der Waals surface area contributed by atoms with E-state index in [0.717, 1.165) is 16.8 Å². The predicted octanol–water partition coefficient (Wildman–Crippen LogP) is 5.18. The molecule has 1 aliphatic heterocycles. The number of aromatic nitrogens is 2. The number of benzene rings is 2. The smallest absolute Gasteiger partial charge is 0.244 e. The summed E-state index contributed by atoms with van der Waals surface area (Å²) in [5.41, 5.74) is 9.34. The Kier molecular flexibility index (Phi) is 5.54. The first kappa shape index (κ1) is 20.4. The number of allylic oxidation sites excluding steroid dienone is 1. The fourth-order valence-corrected chi connectivity index (χ4v) is 4.85. The van der Waals surface area contributed by atoms with Crippen molar-refractivity contribution in [2.75, 3.05) is 0 Å². The second kappa shape index (κ2) is 8.13. The number of aryl methyl sites for hydroxylation is 1. The number of halogens is 3. The van der Waals surface area contributed by atoms with Gasteiger partial charge in [0.15, 0.2) is 0 Å². The molecule has 0 radical (unpaired) electrons. The van der Waals surface area contributed by atoms with E-state index in [1.165, 1.54) is 12.1 Å². The van der Waals surface area contributed by atoms with Crippen LogP contribution < -0.4 is 15.2 Å². The maximum Gasteiger partial charge on any atom is 0.244 e. The van der Waals surface area contributed by atoms with Gasteiger partial charge in [0.25, 0.3) is 0 Å². The molecule has 6 nitrogen and oxygen atoms in total. The molecule has 0 fully saturated rings. The first-order valence-corrected chi connectivity index (χ1v) is 10.5. The van der Waals surface area contributed by atoms with Gasteiger partial charge in [-0.15, -0.1) is 5.10 Å². The summed E-state index contributed by atoms with van der Waals surface area (Å²) in [6.07, 6.45) is 0. The normalized spacial score (nSPS) is 15.4. The van der Waals surface area contributed by atoms with E-state index in [9.17, 15) is 9.65 Å². The topological polar surface area (TPSA) is 97.0 Å². The van der Waals surface area contributed by atoms with Crippen LogP contribution in [0.1, 0.15) is 28.3 Å². The molecule has 0 saturated carbocycles. The number of rotatable bonds is 4. The molecule has 0 bridgehead atoms. The van der Waals surface area contributed by atoms with Crippen LogP contribution in [0.25, 0.3) is 0 Å². The lowest BCUT2D eigenvalue weighted by Gasteiger charge is -2.24. The molecule has 2 heterocycles. The summed E-state index contributed by atoms with van der Waals surface area (Å²) in [4.78, 5) is 0. The quantitative estimate of drug-likeness (QED) is 0.481. The van der Waals surface area contributed by atoms with Gasteiger partial charge in [0, 0.05) is 11.3 Å². The van der Waals surface area contributed by atoms with E-state index in [-0.39, 0.29) is 18.3 Å². The van der Waals surface area contributed by atoms with E-state index in [1.807, 2.05) is 19.1 Å². The van der Waals surface area contributed by atoms with Gasteiger partial charge >= 0.3 is 0 Å². The lowest BCUT2D eigenvalue weighted by Crippen LogP contribution is -2.21. The van der Waals surface area contributed by atoms with Gasteiger partial charge in [0.05, 0.1) is 14.9 Å². The number of nitriles is 1. The third-order valence-electron chi connectivity index (χ3n) is 4.76. The molecule has 3 aromatic rings. The molecule has 152 valence electrons. The highest BCUT2D eigenvalue weighted by Crippen LogP contribution is 2.46. The highest BCUT2D eigenvalue weighted by Gasteiger charge is 2.34. The number of nitrogens with two attached hydrogens (primary N) is 1.